The highest BCUT2D eigenvalue weighted by atomic mass is 19.4. The van der Waals surface area contributed by atoms with E-state index in [2.05, 4.69) is 10.3 Å². The number of amides is 1. The van der Waals surface area contributed by atoms with Crippen LogP contribution >= 0.6 is 0 Å². The van der Waals surface area contributed by atoms with E-state index in [4.69, 9.17) is 0 Å². The van der Waals surface area contributed by atoms with Crippen LogP contribution < -0.4 is 5.32 Å². The molecule has 3 rings (SSSR count). The fourth-order valence-corrected chi connectivity index (χ4v) is 2.56. The van der Waals surface area contributed by atoms with E-state index < -0.39 is 17.6 Å². The molecule has 0 atom stereocenters. The van der Waals surface area contributed by atoms with E-state index in [0.717, 1.165) is 38.0 Å². The standard InChI is InChI=1S/C16H18F3N3O/c1-9-12(14(23)21-15(2,3)16(17,18)19)7-6-11-8-20-13(22(9)11)10-4-5-10/h6-8,10H,4-5H2,1-3H3,(H,21,23). The van der Waals surface area contributed by atoms with Crippen LogP contribution in [-0.2, 0) is 0 Å². The van der Waals surface area contributed by atoms with E-state index in [-0.39, 0.29) is 5.56 Å². The smallest absolute Gasteiger partial charge is 0.338 e. The maximum atomic E-state index is 13.0. The highest BCUT2D eigenvalue weighted by Gasteiger charge is 2.48. The van der Waals surface area contributed by atoms with Gasteiger partial charge in [0.1, 0.15) is 11.4 Å². The molecule has 23 heavy (non-hydrogen) atoms. The summed E-state index contributed by atoms with van der Waals surface area (Å²) in [4.78, 5) is 16.7. The lowest BCUT2D eigenvalue weighted by atomic mass is 10.0. The van der Waals surface area contributed by atoms with Gasteiger partial charge in [0.25, 0.3) is 5.91 Å². The summed E-state index contributed by atoms with van der Waals surface area (Å²) < 4.78 is 40.8. The number of imidazole rings is 1. The summed E-state index contributed by atoms with van der Waals surface area (Å²) in [5.74, 6) is 0.519. The molecule has 1 aliphatic rings. The molecule has 2 heterocycles. The van der Waals surface area contributed by atoms with Crippen molar-refractivity contribution in [2.24, 2.45) is 0 Å². The molecule has 7 heteroatoms. The Morgan fingerprint density at radius 3 is 2.52 bits per heavy atom. The average molecular weight is 325 g/mol. The summed E-state index contributed by atoms with van der Waals surface area (Å²) in [6, 6.07) is 3.26. The Morgan fingerprint density at radius 2 is 1.96 bits per heavy atom. The van der Waals surface area contributed by atoms with Crippen LogP contribution in [0.1, 0.15) is 54.5 Å². The number of nitrogens with one attached hydrogen (secondary N) is 1. The number of rotatable bonds is 3. The number of carbonyl (C=O) groups excluding carboxylic acids is 1. The Labute approximate surface area is 131 Å². The average Bonchev–Trinajstić information content (AvgIpc) is 3.17. The van der Waals surface area contributed by atoms with Gasteiger partial charge in [-0.1, -0.05) is 0 Å². The van der Waals surface area contributed by atoms with E-state index in [1.54, 1.807) is 25.3 Å². The molecule has 2 aromatic heterocycles. The van der Waals surface area contributed by atoms with Crippen molar-refractivity contribution in [1.82, 2.24) is 14.7 Å². The molecule has 0 spiro atoms. The zero-order valence-corrected chi connectivity index (χ0v) is 13.2. The van der Waals surface area contributed by atoms with Crippen molar-refractivity contribution >= 4 is 11.4 Å². The molecule has 0 radical (unpaired) electrons. The largest absolute Gasteiger partial charge is 0.410 e. The number of carbonyl (C=O) groups is 1. The molecular weight excluding hydrogens is 307 g/mol. The van der Waals surface area contributed by atoms with Gasteiger partial charge in [-0.05, 0) is 45.7 Å². The van der Waals surface area contributed by atoms with Crippen LogP contribution in [0.15, 0.2) is 18.3 Å². The maximum absolute atomic E-state index is 13.0. The van der Waals surface area contributed by atoms with Gasteiger partial charge in [0.15, 0.2) is 0 Å². The summed E-state index contributed by atoms with van der Waals surface area (Å²) in [6.45, 7) is 3.63. The van der Waals surface area contributed by atoms with E-state index in [9.17, 15) is 18.0 Å². The SMILES string of the molecule is Cc1c(C(=O)NC(C)(C)C(F)(F)F)ccc2cnc(C3CC3)n12. The second kappa shape index (κ2) is 4.97. The Balaban J connectivity index is 1.98. The molecular formula is C16H18F3N3O. The molecule has 0 saturated heterocycles. The first-order valence-electron chi connectivity index (χ1n) is 7.48. The lowest BCUT2D eigenvalue weighted by Crippen LogP contribution is -2.54. The third-order valence-corrected chi connectivity index (χ3v) is 4.28. The normalized spacial score (nSPS) is 15.9. The zero-order chi connectivity index (χ0) is 17.0. The van der Waals surface area contributed by atoms with Crippen molar-refractivity contribution in [3.8, 4) is 0 Å². The quantitative estimate of drug-likeness (QED) is 0.937. The van der Waals surface area contributed by atoms with Gasteiger partial charge >= 0.3 is 6.18 Å². The molecule has 1 amide bonds. The number of pyridine rings is 1. The maximum Gasteiger partial charge on any atom is 0.410 e. The molecule has 1 aliphatic carbocycles. The van der Waals surface area contributed by atoms with Crippen LogP contribution in [0.2, 0.25) is 0 Å². The summed E-state index contributed by atoms with van der Waals surface area (Å²) in [5.41, 5.74) is -0.608. The van der Waals surface area contributed by atoms with Crippen molar-refractivity contribution in [1.29, 1.82) is 0 Å². The summed E-state index contributed by atoms with van der Waals surface area (Å²) >= 11 is 0. The Kier molecular flexibility index (Phi) is 3.42. The van der Waals surface area contributed by atoms with Crippen LogP contribution in [0.25, 0.3) is 5.52 Å². The van der Waals surface area contributed by atoms with Gasteiger partial charge < -0.3 is 5.32 Å². The lowest BCUT2D eigenvalue weighted by Gasteiger charge is -2.29. The molecule has 1 saturated carbocycles. The number of alkyl halides is 3. The minimum absolute atomic E-state index is 0.231. The molecule has 4 nitrogen and oxygen atoms in total. The van der Waals surface area contributed by atoms with Gasteiger partial charge in [-0.15, -0.1) is 0 Å². The van der Waals surface area contributed by atoms with Crippen molar-refractivity contribution in [3.63, 3.8) is 0 Å². The van der Waals surface area contributed by atoms with E-state index in [0.29, 0.717) is 11.6 Å². The van der Waals surface area contributed by atoms with Gasteiger partial charge in [0.2, 0.25) is 0 Å². The van der Waals surface area contributed by atoms with Crippen LogP contribution in [0.4, 0.5) is 13.2 Å². The second-order valence-electron chi connectivity index (χ2n) is 6.56. The monoisotopic (exact) mass is 325 g/mol. The van der Waals surface area contributed by atoms with Gasteiger partial charge in [-0.25, -0.2) is 4.98 Å². The van der Waals surface area contributed by atoms with Crippen molar-refractivity contribution in [2.45, 2.75) is 51.2 Å². The van der Waals surface area contributed by atoms with Crippen LogP contribution in [0.5, 0.6) is 0 Å². The van der Waals surface area contributed by atoms with Gasteiger partial charge in [-0.2, -0.15) is 13.2 Å². The molecule has 124 valence electrons. The summed E-state index contributed by atoms with van der Waals surface area (Å²) in [5, 5.41) is 2.08. The fraction of sp³-hybridized carbons (Fsp3) is 0.500. The molecule has 1 N–H and O–H groups in total. The van der Waals surface area contributed by atoms with Gasteiger partial charge in [0.05, 0.1) is 17.3 Å². The second-order valence-corrected chi connectivity index (χ2v) is 6.56. The first-order chi connectivity index (χ1) is 10.6. The number of aryl methyl sites for hydroxylation is 1. The first kappa shape index (κ1) is 15.8. The Morgan fingerprint density at radius 1 is 1.30 bits per heavy atom. The van der Waals surface area contributed by atoms with E-state index in [1.807, 2.05) is 4.40 Å². The number of nitrogens with zero attached hydrogens (tertiary/aromatic N) is 2. The molecule has 0 aliphatic heterocycles. The molecule has 0 unspecified atom stereocenters. The number of hydrogen-bond acceptors (Lipinski definition) is 2. The minimum Gasteiger partial charge on any atom is -0.338 e. The lowest BCUT2D eigenvalue weighted by molar-refractivity contribution is -0.182. The third kappa shape index (κ3) is 2.68. The van der Waals surface area contributed by atoms with Crippen molar-refractivity contribution in [3.05, 3.63) is 35.4 Å². The number of hydrogen-bond donors (Lipinski definition) is 1. The minimum atomic E-state index is -4.52. The highest BCUT2D eigenvalue weighted by molar-refractivity contribution is 5.96. The predicted molar refractivity (Wildman–Crippen MR) is 79.5 cm³/mol. The van der Waals surface area contributed by atoms with E-state index in [1.165, 1.54) is 0 Å². The van der Waals surface area contributed by atoms with E-state index >= 15 is 0 Å². The molecule has 0 bridgehead atoms. The summed E-state index contributed by atoms with van der Waals surface area (Å²) in [7, 11) is 0. The number of aromatic nitrogens is 2. The zero-order valence-electron chi connectivity index (χ0n) is 13.2. The Hall–Kier alpha value is -2.05. The third-order valence-electron chi connectivity index (χ3n) is 4.28. The van der Waals surface area contributed by atoms with Crippen molar-refractivity contribution in [2.75, 3.05) is 0 Å². The van der Waals surface area contributed by atoms with Gasteiger partial charge in [-0.3, -0.25) is 9.20 Å². The predicted octanol–water partition coefficient (Wildman–Crippen LogP) is 3.59. The Bertz CT molecular complexity index is 773. The molecule has 0 aromatic carbocycles. The molecule has 2 aromatic rings. The van der Waals surface area contributed by atoms with Crippen LogP contribution in [0.3, 0.4) is 0 Å². The number of fused-ring (bicyclic) bond motifs is 1. The highest BCUT2D eigenvalue weighted by Crippen LogP contribution is 2.40. The van der Waals surface area contributed by atoms with Crippen molar-refractivity contribution < 1.29 is 18.0 Å². The van der Waals surface area contributed by atoms with Crippen LogP contribution in [0, 0.1) is 6.92 Å². The summed E-state index contributed by atoms with van der Waals surface area (Å²) in [6.07, 6.45) is -0.691. The number of halogens is 3. The molecule has 1 fully saturated rings. The van der Waals surface area contributed by atoms with Gasteiger partial charge in [0, 0.05) is 11.6 Å². The fourth-order valence-electron chi connectivity index (χ4n) is 2.56. The van der Waals surface area contributed by atoms with Crippen LogP contribution in [-0.4, -0.2) is 27.0 Å². The first-order valence-corrected chi connectivity index (χ1v) is 7.48. The topological polar surface area (TPSA) is 46.4 Å².